The molecule has 1 aliphatic rings. The van der Waals surface area contributed by atoms with Crippen molar-refractivity contribution in [2.75, 3.05) is 0 Å². The van der Waals surface area contributed by atoms with Crippen molar-refractivity contribution in [1.29, 1.82) is 5.26 Å². The zero-order chi connectivity index (χ0) is 11.2. The van der Waals surface area contributed by atoms with Crippen molar-refractivity contribution in [1.82, 2.24) is 0 Å². The van der Waals surface area contributed by atoms with Crippen LogP contribution >= 0.6 is 0 Å². The molecular weight excluding hydrogens is 194 g/mol. The number of nitriles is 1. The molecule has 0 aliphatic heterocycles. The molecule has 0 atom stereocenters. The molecule has 0 heterocycles. The van der Waals surface area contributed by atoms with Crippen LogP contribution in [0.3, 0.4) is 0 Å². The van der Waals surface area contributed by atoms with Crippen molar-refractivity contribution in [3.05, 3.63) is 47.5 Å². The molecule has 0 amide bonds. The largest absolute Gasteiger partial charge is 0.197 e. The summed E-state index contributed by atoms with van der Waals surface area (Å²) < 4.78 is 0. The topological polar surface area (TPSA) is 23.8 Å². The van der Waals surface area contributed by atoms with Gasteiger partial charge in [-0.1, -0.05) is 35.9 Å². The van der Waals surface area contributed by atoms with Crippen molar-refractivity contribution in [2.24, 2.45) is 0 Å². The Balaban J connectivity index is 2.18. The Morgan fingerprint density at radius 3 is 2.44 bits per heavy atom. The predicted octanol–water partition coefficient (Wildman–Crippen LogP) is 3.70. The van der Waals surface area contributed by atoms with Gasteiger partial charge in [-0.15, -0.1) is 0 Å². The van der Waals surface area contributed by atoms with E-state index in [1.807, 2.05) is 0 Å². The van der Waals surface area contributed by atoms with E-state index in [1.54, 1.807) is 0 Å². The van der Waals surface area contributed by atoms with Gasteiger partial charge in [0.15, 0.2) is 0 Å². The van der Waals surface area contributed by atoms with Crippen LogP contribution in [0.15, 0.2) is 36.4 Å². The van der Waals surface area contributed by atoms with Crippen molar-refractivity contribution in [3.8, 4) is 6.07 Å². The summed E-state index contributed by atoms with van der Waals surface area (Å²) in [6, 6.07) is 15.3. The molecule has 0 aromatic heterocycles. The van der Waals surface area contributed by atoms with Crippen LogP contribution in [-0.2, 0) is 5.41 Å². The summed E-state index contributed by atoms with van der Waals surface area (Å²) in [5.41, 5.74) is 2.30. The van der Waals surface area contributed by atoms with Gasteiger partial charge in [-0.2, -0.15) is 5.26 Å². The van der Waals surface area contributed by atoms with Crippen molar-refractivity contribution < 1.29 is 0 Å². The summed E-state index contributed by atoms with van der Waals surface area (Å²) >= 11 is 0. The number of fused-ring (bicyclic) bond motifs is 1. The molecule has 16 heavy (non-hydrogen) atoms. The highest BCUT2D eigenvalue weighted by Crippen LogP contribution is 2.47. The maximum Gasteiger partial charge on any atom is 0.0824 e. The molecule has 1 fully saturated rings. The monoisotopic (exact) mass is 207 g/mol. The highest BCUT2D eigenvalue weighted by molar-refractivity contribution is 5.84. The molecule has 3 rings (SSSR count). The van der Waals surface area contributed by atoms with E-state index in [2.05, 4.69) is 49.4 Å². The molecule has 2 aromatic carbocycles. The quantitative estimate of drug-likeness (QED) is 0.699. The Bertz CT molecular complexity index is 600. The van der Waals surface area contributed by atoms with E-state index >= 15 is 0 Å². The molecule has 0 spiro atoms. The Morgan fingerprint density at radius 1 is 1.06 bits per heavy atom. The van der Waals surface area contributed by atoms with Crippen molar-refractivity contribution in [2.45, 2.75) is 25.2 Å². The first-order valence-corrected chi connectivity index (χ1v) is 5.66. The van der Waals surface area contributed by atoms with Crippen LogP contribution < -0.4 is 0 Å². The molecule has 1 nitrogen and oxygen atoms in total. The standard InChI is InChI=1S/C15H13N/c1-11-2-3-13-9-14(5-4-12(13)8-11)15(10-16)6-7-15/h2-5,8-9H,6-7H2,1H3. The summed E-state index contributed by atoms with van der Waals surface area (Å²) in [5, 5.41) is 11.7. The second kappa shape index (κ2) is 3.09. The van der Waals surface area contributed by atoms with Gasteiger partial charge in [-0.05, 0) is 42.2 Å². The van der Waals surface area contributed by atoms with Crippen LogP contribution in [0.2, 0.25) is 0 Å². The highest BCUT2D eigenvalue weighted by Gasteiger charge is 2.44. The number of aryl methyl sites for hydroxylation is 1. The summed E-state index contributed by atoms with van der Waals surface area (Å²) in [5.74, 6) is 0. The lowest BCUT2D eigenvalue weighted by atomic mass is 9.94. The third kappa shape index (κ3) is 1.31. The highest BCUT2D eigenvalue weighted by atomic mass is 14.5. The van der Waals surface area contributed by atoms with Crippen LogP contribution in [0.4, 0.5) is 0 Å². The van der Waals surface area contributed by atoms with Crippen LogP contribution in [0.5, 0.6) is 0 Å². The van der Waals surface area contributed by atoms with E-state index in [-0.39, 0.29) is 5.41 Å². The Kier molecular flexibility index (Phi) is 1.82. The lowest BCUT2D eigenvalue weighted by Crippen LogP contribution is -2.01. The van der Waals surface area contributed by atoms with E-state index in [9.17, 15) is 5.26 Å². The molecule has 1 saturated carbocycles. The van der Waals surface area contributed by atoms with Crippen LogP contribution in [0, 0.1) is 18.3 Å². The Morgan fingerprint density at radius 2 is 1.75 bits per heavy atom. The number of rotatable bonds is 1. The van der Waals surface area contributed by atoms with Gasteiger partial charge in [-0.3, -0.25) is 0 Å². The molecule has 0 radical (unpaired) electrons. The van der Waals surface area contributed by atoms with Gasteiger partial charge in [0.25, 0.3) is 0 Å². The average molecular weight is 207 g/mol. The van der Waals surface area contributed by atoms with Crippen LogP contribution in [0.25, 0.3) is 10.8 Å². The minimum Gasteiger partial charge on any atom is -0.197 e. The zero-order valence-corrected chi connectivity index (χ0v) is 9.33. The van der Waals surface area contributed by atoms with Gasteiger partial charge in [0.2, 0.25) is 0 Å². The van der Waals surface area contributed by atoms with Crippen molar-refractivity contribution in [3.63, 3.8) is 0 Å². The molecule has 1 aliphatic carbocycles. The molecule has 78 valence electrons. The normalized spacial score (nSPS) is 17.0. The summed E-state index contributed by atoms with van der Waals surface area (Å²) in [4.78, 5) is 0. The number of benzene rings is 2. The molecule has 1 heteroatoms. The number of nitrogens with zero attached hydrogens (tertiary/aromatic N) is 1. The molecule has 0 N–H and O–H groups in total. The Hall–Kier alpha value is -1.81. The SMILES string of the molecule is Cc1ccc2cc(C3(C#N)CC3)ccc2c1. The lowest BCUT2D eigenvalue weighted by molar-refractivity contribution is 0.911. The fraction of sp³-hybridized carbons (Fsp3) is 0.267. The molecule has 0 unspecified atom stereocenters. The average Bonchev–Trinajstić information content (AvgIpc) is 3.09. The van der Waals surface area contributed by atoms with Gasteiger partial charge >= 0.3 is 0 Å². The first-order chi connectivity index (χ1) is 7.73. The maximum atomic E-state index is 9.18. The van der Waals surface area contributed by atoms with E-state index in [0.29, 0.717) is 0 Å². The maximum absolute atomic E-state index is 9.18. The van der Waals surface area contributed by atoms with Crippen LogP contribution in [-0.4, -0.2) is 0 Å². The molecular formula is C15H13N. The molecule has 0 bridgehead atoms. The van der Waals surface area contributed by atoms with Crippen molar-refractivity contribution >= 4 is 10.8 Å². The summed E-state index contributed by atoms with van der Waals surface area (Å²) in [7, 11) is 0. The van der Waals surface area contributed by atoms with Gasteiger partial charge < -0.3 is 0 Å². The minimum atomic E-state index is -0.168. The molecule has 2 aromatic rings. The predicted molar refractivity (Wildman–Crippen MR) is 65.2 cm³/mol. The first kappa shape index (κ1) is 9.42. The Labute approximate surface area is 95.3 Å². The second-order valence-electron chi connectivity index (χ2n) is 4.76. The third-order valence-electron chi connectivity index (χ3n) is 3.51. The van der Waals surface area contributed by atoms with Crippen LogP contribution in [0.1, 0.15) is 24.0 Å². The second-order valence-corrected chi connectivity index (χ2v) is 4.76. The van der Waals surface area contributed by atoms with E-state index in [0.717, 1.165) is 12.8 Å². The van der Waals surface area contributed by atoms with Gasteiger partial charge in [-0.25, -0.2) is 0 Å². The number of hydrogen-bond donors (Lipinski definition) is 0. The summed E-state index contributed by atoms with van der Waals surface area (Å²) in [6.07, 6.45) is 2.03. The minimum absolute atomic E-state index is 0.168. The van der Waals surface area contributed by atoms with Gasteiger partial charge in [0, 0.05) is 0 Å². The zero-order valence-electron chi connectivity index (χ0n) is 9.33. The fourth-order valence-corrected chi connectivity index (χ4v) is 2.25. The number of hydrogen-bond acceptors (Lipinski definition) is 1. The van der Waals surface area contributed by atoms with E-state index in [4.69, 9.17) is 0 Å². The van der Waals surface area contributed by atoms with E-state index in [1.165, 1.54) is 21.9 Å². The smallest absolute Gasteiger partial charge is 0.0824 e. The first-order valence-electron chi connectivity index (χ1n) is 5.66. The van der Waals surface area contributed by atoms with Gasteiger partial charge in [0.1, 0.15) is 0 Å². The molecule has 0 saturated heterocycles. The fourth-order valence-electron chi connectivity index (χ4n) is 2.25. The summed E-state index contributed by atoms with van der Waals surface area (Å²) in [6.45, 7) is 2.10. The lowest BCUT2D eigenvalue weighted by Gasteiger charge is -2.08. The van der Waals surface area contributed by atoms with E-state index < -0.39 is 0 Å². The van der Waals surface area contributed by atoms with Gasteiger partial charge in [0.05, 0.1) is 11.5 Å². The third-order valence-corrected chi connectivity index (χ3v) is 3.51.